The normalized spacial score (nSPS) is 10.1. The predicted molar refractivity (Wildman–Crippen MR) is 78.5 cm³/mol. The maximum absolute atomic E-state index is 11.8. The molecule has 0 bridgehead atoms. The lowest BCUT2D eigenvalue weighted by molar-refractivity contribution is -0.137. The number of alkyl halides is 3. The van der Waals surface area contributed by atoms with Crippen molar-refractivity contribution in [3.8, 4) is 12.3 Å². The molecule has 0 aliphatic carbocycles. The zero-order valence-corrected chi connectivity index (χ0v) is 11.9. The van der Waals surface area contributed by atoms with Crippen LogP contribution in [0.25, 0.3) is 0 Å². The van der Waals surface area contributed by atoms with Crippen molar-refractivity contribution in [3.63, 3.8) is 0 Å². The molecule has 0 atom stereocenters. The van der Waals surface area contributed by atoms with Crippen molar-refractivity contribution < 1.29 is 13.2 Å². The first kappa shape index (κ1) is 15.6. The second-order valence-corrected chi connectivity index (χ2v) is 4.65. The molecule has 2 aromatic rings. The largest absolute Gasteiger partial charge is 0.416 e. The van der Waals surface area contributed by atoms with Gasteiger partial charge in [0.25, 0.3) is 0 Å². The van der Waals surface area contributed by atoms with Gasteiger partial charge in [-0.3, -0.25) is 0 Å². The summed E-state index contributed by atoms with van der Waals surface area (Å²) in [5.41, 5.74) is 0.369. The molecule has 0 nitrogen and oxygen atoms in total. The molecule has 0 fully saturated rings. The fraction of sp³-hybridized carbons (Fsp3) is 0.0667. The van der Waals surface area contributed by atoms with E-state index in [1.807, 2.05) is 24.3 Å². The predicted octanol–water partition coefficient (Wildman–Crippen LogP) is 4.98. The van der Waals surface area contributed by atoms with Gasteiger partial charge < -0.3 is 0 Å². The van der Waals surface area contributed by atoms with Crippen molar-refractivity contribution >= 4 is 22.6 Å². The molecular weight excluding hydrogens is 364 g/mol. The first-order chi connectivity index (χ1) is 8.95. The SMILES string of the molecule is C#Cc1ccccc1I.FC(F)(F)c1ccccc1. The topological polar surface area (TPSA) is 0 Å². The van der Waals surface area contributed by atoms with E-state index < -0.39 is 11.7 Å². The molecule has 0 spiro atoms. The Kier molecular flexibility index (Phi) is 5.90. The van der Waals surface area contributed by atoms with E-state index >= 15 is 0 Å². The summed E-state index contributed by atoms with van der Waals surface area (Å²) < 4.78 is 36.5. The lowest BCUT2D eigenvalue weighted by Crippen LogP contribution is -2.03. The highest BCUT2D eigenvalue weighted by atomic mass is 127. The molecule has 0 amide bonds. The minimum Gasteiger partial charge on any atom is -0.166 e. The second kappa shape index (κ2) is 7.19. The molecule has 0 heterocycles. The maximum atomic E-state index is 11.8. The highest BCUT2D eigenvalue weighted by Crippen LogP contribution is 2.28. The molecule has 0 N–H and O–H groups in total. The summed E-state index contributed by atoms with van der Waals surface area (Å²) in [4.78, 5) is 0. The van der Waals surface area contributed by atoms with Crippen LogP contribution in [-0.4, -0.2) is 0 Å². The molecule has 2 aromatic carbocycles. The molecule has 0 aromatic heterocycles. The third-order valence-electron chi connectivity index (χ3n) is 2.13. The van der Waals surface area contributed by atoms with Crippen molar-refractivity contribution in [1.82, 2.24) is 0 Å². The Hall–Kier alpha value is -1.48. The van der Waals surface area contributed by atoms with Gasteiger partial charge in [0.15, 0.2) is 0 Å². The summed E-state index contributed by atoms with van der Waals surface area (Å²) in [6, 6.07) is 14.2. The summed E-state index contributed by atoms with van der Waals surface area (Å²) in [5.74, 6) is 2.59. The van der Waals surface area contributed by atoms with E-state index in [0.717, 1.165) is 21.3 Å². The van der Waals surface area contributed by atoms with Crippen LogP contribution in [0.15, 0.2) is 54.6 Å². The minimum absolute atomic E-state index is 0.602. The van der Waals surface area contributed by atoms with E-state index in [1.165, 1.54) is 12.1 Å². The first-order valence-electron chi connectivity index (χ1n) is 5.28. The van der Waals surface area contributed by atoms with Crippen LogP contribution in [0.2, 0.25) is 0 Å². The third kappa shape index (κ3) is 5.35. The molecule has 0 aliphatic heterocycles. The molecule has 98 valence electrons. The van der Waals surface area contributed by atoms with E-state index in [-0.39, 0.29) is 0 Å². The van der Waals surface area contributed by atoms with E-state index in [4.69, 9.17) is 6.42 Å². The molecule has 19 heavy (non-hydrogen) atoms. The van der Waals surface area contributed by atoms with Crippen LogP contribution in [0.3, 0.4) is 0 Å². The molecule has 0 unspecified atom stereocenters. The maximum Gasteiger partial charge on any atom is 0.416 e. The molecule has 4 heteroatoms. The van der Waals surface area contributed by atoms with Gasteiger partial charge in [-0.1, -0.05) is 48.4 Å². The molecule has 0 aliphatic rings. The Balaban J connectivity index is 0.000000191. The zero-order valence-electron chi connectivity index (χ0n) is 9.79. The number of rotatable bonds is 0. The molecule has 0 radical (unpaired) electrons. The number of benzene rings is 2. The third-order valence-corrected chi connectivity index (χ3v) is 3.07. The van der Waals surface area contributed by atoms with Crippen molar-refractivity contribution in [2.24, 2.45) is 0 Å². The second-order valence-electron chi connectivity index (χ2n) is 3.49. The lowest BCUT2D eigenvalue weighted by atomic mass is 10.2. The van der Waals surface area contributed by atoms with Gasteiger partial charge in [0, 0.05) is 9.13 Å². The van der Waals surface area contributed by atoms with Gasteiger partial charge in [0.2, 0.25) is 0 Å². The van der Waals surface area contributed by atoms with Crippen LogP contribution in [0.1, 0.15) is 11.1 Å². The Morgan fingerprint density at radius 2 is 1.42 bits per heavy atom. The highest BCUT2D eigenvalue weighted by Gasteiger charge is 2.29. The Morgan fingerprint density at radius 3 is 1.79 bits per heavy atom. The fourth-order valence-electron chi connectivity index (χ4n) is 1.21. The first-order valence-corrected chi connectivity index (χ1v) is 6.36. The number of hydrogen-bond donors (Lipinski definition) is 0. The quantitative estimate of drug-likeness (QED) is 0.451. The molecule has 0 saturated carbocycles. The summed E-state index contributed by atoms with van der Waals surface area (Å²) in [5, 5.41) is 0. The van der Waals surface area contributed by atoms with Crippen LogP contribution in [0.5, 0.6) is 0 Å². The van der Waals surface area contributed by atoms with Gasteiger partial charge in [-0.25, -0.2) is 0 Å². The van der Waals surface area contributed by atoms with Gasteiger partial charge in [0.05, 0.1) is 5.56 Å². The number of terminal acetylenes is 1. The molecule has 0 saturated heterocycles. The standard InChI is InChI=1S/C8H5I.C7H5F3/c1-2-7-5-3-4-6-8(7)9;8-7(9,10)6-4-2-1-3-5-6/h1,3-6H;1-5H. The Labute approximate surface area is 123 Å². The number of hydrogen-bond acceptors (Lipinski definition) is 0. The van der Waals surface area contributed by atoms with Crippen LogP contribution < -0.4 is 0 Å². The van der Waals surface area contributed by atoms with Crippen molar-refractivity contribution in [2.75, 3.05) is 0 Å². The summed E-state index contributed by atoms with van der Waals surface area (Å²) in [6.45, 7) is 0. The summed E-state index contributed by atoms with van der Waals surface area (Å²) in [6.07, 6.45) is 0.989. The van der Waals surface area contributed by atoms with Gasteiger partial charge in [-0.2, -0.15) is 13.2 Å². The Morgan fingerprint density at radius 1 is 0.895 bits per heavy atom. The average molecular weight is 374 g/mol. The van der Waals surface area contributed by atoms with Crippen LogP contribution in [0.4, 0.5) is 13.2 Å². The van der Waals surface area contributed by atoms with E-state index in [0.29, 0.717) is 0 Å². The van der Waals surface area contributed by atoms with Gasteiger partial charge in [-0.05, 0) is 34.7 Å². The van der Waals surface area contributed by atoms with E-state index in [9.17, 15) is 13.2 Å². The van der Waals surface area contributed by atoms with Gasteiger partial charge >= 0.3 is 6.18 Å². The summed E-state index contributed by atoms with van der Waals surface area (Å²) >= 11 is 2.22. The lowest BCUT2D eigenvalue weighted by Gasteiger charge is -2.03. The van der Waals surface area contributed by atoms with Crippen LogP contribution >= 0.6 is 22.6 Å². The number of halogens is 4. The highest BCUT2D eigenvalue weighted by molar-refractivity contribution is 14.1. The van der Waals surface area contributed by atoms with Crippen molar-refractivity contribution in [3.05, 3.63) is 69.3 Å². The van der Waals surface area contributed by atoms with Crippen molar-refractivity contribution in [1.29, 1.82) is 0 Å². The Bertz CT molecular complexity index is 554. The smallest absolute Gasteiger partial charge is 0.166 e. The summed E-state index contributed by atoms with van der Waals surface area (Å²) in [7, 11) is 0. The van der Waals surface area contributed by atoms with Crippen LogP contribution in [0, 0.1) is 15.9 Å². The van der Waals surface area contributed by atoms with Gasteiger partial charge in [0.1, 0.15) is 0 Å². The minimum atomic E-state index is -4.21. The van der Waals surface area contributed by atoms with Crippen molar-refractivity contribution in [2.45, 2.75) is 6.18 Å². The van der Waals surface area contributed by atoms with Gasteiger partial charge in [-0.15, -0.1) is 6.42 Å². The molecular formula is C15H10F3I. The van der Waals surface area contributed by atoms with E-state index in [1.54, 1.807) is 6.07 Å². The monoisotopic (exact) mass is 374 g/mol. The average Bonchev–Trinajstić information content (AvgIpc) is 2.40. The van der Waals surface area contributed by atoms with E-state index in [2.05, 4.69) is 28.5 Å². The zero-order chi connectivity index (χ0) is 14.3. The van der Waals surface area contributed by atoms with Crippen LogP contribution in [-0.2, 0) is 6.18 Å². The fourth-order valence-corrected chi connectivity index (χ4v) is 1.75. The molecule has 2 rings (SSSR count).